The predicted octanol–water partition coefficient (Wildman–Crippen LogP) is 0.763. The molecule has 0 aromatic carbocycles. The van der Waals surface area contributed by atoms with Gasteiger partial charge >= 0.3 is 0 Å². The van der Waals surface area contributed by atoms with Crippen LogP contribution in [0.2, 0.25) is 0 Å². The van der Waals surface area contributed by atoms with Crippen molar-refractivity contribution in [3.63, 3.8) is 0 Å². The molecule has 3 rings (SSSR count). The first-order chi connectivity index (χ1) is 6.38. The van der Waals surface area contributed by atoms with Crippen LogP contribution in [0.25, 0.3) is 0 Å². The highest BCUT2D eigenvalue weighted by molar-refractivity contribution is 5.18. The van der Waals surface area contributed by atoms with Gasteiger partial charge in [-0.2, -0.15) is 5.26 Å². The maximum atomic E-state index is 8.71. The van der Waals surface area contributed by atoms with E-state index in [-0.39, 0.29) is 0 Å². The van der Waals surface area contributed by atoms with E-state index < -0.39 is 0 Å². The number of nitriles is 1. The van der Waals surface area contributed by atoms with Crippen LogP contribution in [-0.2, 0) is 4.74 Å². The van der Waals surface area contributed by atoms with Gasteiger partial charge in [0.15, 0.2) is 0 Å². The molecular weight excluding hydrogens is 164 g/mol. The molecule has 1 spiro atoms. The average molecular weight is 178 g/mol. The summed E-state index contributed by atoms with van der Waals surface area (Å²) < 4.78 is 5.56. The van der Waals surface area contributed by atoms with E-state index in [0.29, 0.717) is 24.0 Å². The van der Waals surface area contributed by atoms with E-state index in [4.69, 9.17) is 10.00 Å². The Bertz CT molecular complexity index is 251. The molecule has 0 bridgehead atoms. The average Bonchev–Trinajstić information content (AvgIpc) is 2.68. The topological polar surface area (TPSA) is 36.3 Å². The van der Waals surface area contributed by atoms with Crippen LogP contribution in [0.15, 0.2) is 0 Å². The van der Waals surface area contributed by atoms with Crippen LogP contribution in [0.1, 0.15) is 19.3 Å². The van der Waals surface area contributed by atoms with Crippen LogP contribution in [0.4, 0.5) is 0 Å². The molecule has 0 radical (unpaired) electrons. The third kappa shape index (κ3) is 0.762. The van der Waals surface area contributed by atoms with Gasteiger partial charge in [-0.05, 0) is 12.8 Å². The minimum atomic E-state index is 0.469. The summed E-state index contributed by atoms with van der Waals surface area (Å²) in [5.74, 6) is 0. The van der Waals surface area contributed by atoms with Gasteiger partial charge in [0.05, 0.1) is 25.8 Å². The normalized spacial score (nSPS) is 47.9. The Morgan fingerprint density at radius 3 is 3.31 bits per heavy atom. The van der Waals surface area contributed by atoms with E-state index in [1.54, 1.807) is 0 Å². The molecule has 3 aliphatic rings. The Labute approximate surface area is 78.3 Å². The summed E-state index contributed by atoms with van der Waals surface area (Å²) in [4.78, 5) is 2.35. The summed E-state index contributed by atoms with van der Waals surface area (Å²) in [7, 11) is 0. The van der Waals surface area contributed by atoms with Gasteiger partial charge in [0.1, 0.15) is 0 Å². The van der Waals surface area contributed by atoms with E-state index in [2.05, 4.69) is 11.0 Å². The third-order valence-corrected chi connectivity index (χ3v) is 4.15. The third-order valence-electron chi connectivity index (χ3n) is 4.15. The van der Waals surface area contributed by atoms with Crippen molar-refractivity contribution in [2.75, 3.05) is 19.8 Å². The maximum absolute atomic E-state index is 8.71. The second kappa shape index (κ2) is 2.46. The standard InChI is InChI=1S/C10H14N2O/c11-4-5-12-8-2-1-3-10(8)7-13-6-9(10)12/h8-9H,1-3,5-7H2. The highest BCUT2D eigenvalue weighted by atomic mass is 16.5. The van der Waals surface area contributed by atoms with Crippen molar-refractivity contribution in [2.24, 2.45) is 5.41 Å². The van der Waals surface area contributed by atoms with E-state index in [1.807, 2.05) is 0 Å². The lowest BCUT2D eigenvalue weighted by Gasteiger charge is -2.56. The van der Waals surface area contributed by atoms with E-state index in [0.717, 1.165) is 13.2 Å². The Morgan fingerprint density at radius 2 is 2.46 bits per heavy atom. The molecule has 13 heavy (non-hydrogen) atoms. The van der Waals surface area contributed by atoms with Gasteiger partial charge in [0, 0.05) is 17.5 Å². The quantitative estimate of drug-likeness (QED) is 0.556. The Balaban J connectivity index is 1.85. The molecular formula is C10H14N2O. The van der Waals surface area contributed by atoms with E-state index in [1.165, 1.54) is 19.3 Å². The van der Waals surface area contributed by atoms with Crippen molar-refractivity contribution in [1.29, 1.82) is 5.26 Å². The van der Waals surface area contributed by atoms with Crippen molar-refractivity contribution < 1.29 is 4.74 Å². The first-order valence-corrected chi connectivity index (χ1v) is 5.09. The Morgan fingerprint density at radius 1 is 1.54 bits per heavy atom. The summed E-state index contributed by atoms with van der Waals surface area (Å²) in [5, 5.41) is 8.71. The van der Waals surface area contributed by atoms with Crippen LogP contribution >= 0.6 is 0 Å². The summed E-state index contributed by atoms with van der Waals surface area (Å²) in [6, 6.07) is 3.50. The van der Waals surface area contributed by atoms with Gasteiger partial charge in [-0.25, -0.2) is 0 Å². The van der Waals surface area contributed by atoms with E-state index in [9.17, 15) is 0 Å². The minimum absolute atomic E-state index is 0.469. The highest BCUT2D eigenvalue weighted by Gasteiger charge is 2.64. The number of likely N-dealkylation sites (tertiary alicyclic amines) is 1. The molecule has 2 saturated heterocycles. The molecule has 3 atom stereocenters. The fourth-order valence-electron chi connectivity index (χ4n) is 3.62. The number of rotatable bonds is 1. The number of nitrogens with zero attached hydrogens (tertiary/aromatic N) is 2. The zero-order valence-electron chi connectivity index (χ0n) is 7.70. The summed E-state index contributed by atoms with van der Waals surface area (Å²) in [5.41, 5.74) is 0.469. The monoisotopic (exact) mass is 178 g/mol. The van der Waals surface area contributed by atoms with Crippen molar-refractivity contribution in [2.45, 2.75) is 31.3 Å². The fraction of sp³-hybridized carbons (Fsp3) is 0.900. The molecule has 0 N–H and O–H groups in total. The highest BCUT2D eigenvalue weighted by Crippen LogP contribution is 2.57. The first-order valence-electron chi connectivity index (χ1n) is 5.09. The van der Waals surface area contributed by atoms with Gasteiger partial charge in [-0.15, -0.1) is 0 Å². The molecule has 3 fully saturated rings. The van der Waals surface area contributed by atoms with Gasteiger partial charge in [0.2, 0.25) is 0 Å². The maximum Gasteiger partial charge on any atom is 0.0871 e. The van der Waals surface area contributed by atoms with Crippen LogP contribution in [0.3, 0.4) is 0 Å². The Hall–Kier alpha value is -0.590. The number of hydrogen-bond donors (Lipinski definition) is 0. The SMILES string of the molecule is N#CCN1C2CCCC23COCC13. The molecule has 2 heterocycles. The number of hydrogen-bond acceptors (Lipinski definition) is 3. The van der Waals surface area contributed by atoms with Crippen molar-refractivity contribution >= 4 is 0 Å². The van der Waals surface area contributed by atoms with Gasteiger partial charge in [0.25, 0.3) is 0 Å². The van der Waals surface area contributed by atoms with Crippen LogP contribution in [-0.4, -0.2) is 36.7 Å². The predicted molar refractivity (Wildman–Crippen MR) is 47.0 cm³/mol. The second-order valence-corrected chi connectivity index (χ2v) is 4.50. The first kappa shape index (κ1) is 7.78. The largest absolute Gasteiger partial charge is 0.379 e. The van der Waals surface area contributed by atoms with Crippen molar-refractivity contribution in [3.8, 4) is 6.07 Å². The smallest absolute Gasteiger partial charge is 0.0871 e. The molecule has 2 aliphatic heterocycles. The van der Waals surface area contributed by atoms with E-state index >= 15 is 0 Å². The van der Waals surface area contributed by atoms with Crippen LogP contribution in [0, 0.1) is 16.7 Å². The lowest BCUT2D eigenvalue weighted by atomic mass is 9.68. The van der Waals surface area contributed by atoms with Gasteiger partial charge < -0.3 is 4.74 Å². The zero-order valence-corrected chi connectivity index (χ0v) is 7.70. The second-order valence-electron chi connectivity index (χ2n) is 4.50. The lowest BCUT2D eigenvalue weighted by Crippen LogP contribution is -2.68. The summed E-state index contributed by atoms with van der Waals surface area (Å²) in [6.07, 6.45) is 3.93. The Kier molecular flexibility index (Phi) is 1.47. The molecule has 0 aromatic heterocycles. The molecule has 3 unspecified atom stereocenters. The summed E-state index contributed by atoms with van der Waals surface area (Å²) in [6.45, 7) is 2.41. The molecule has 1 aliphatic carbocycles. The molecule has 70 valence electrons. The molecule has 3 heteroatoms. The molecule has 0 aromatic rings. The minimum Gasteiger partial charge on any atom is -0.379 e. The van der Waals surface area contributed by atoms with Crippen LogP contribution < -0.4 is 0 Å². The summed E-state index contributed by atoms with van der Waals surface area (Å²) >= 11 is 0. The molecule has 3 nitrogen and oxygen atoms in total. The molecule has 0 amide bonds. The van der Waals surface area contributed by atoms with Gasteiger partial charge in [-0.3, -0.25) is 4.90 Å². The number of ether oxygens (including phenoxy) is 1. The zero-order chi connectivity index (χ0) is 8.89. The lowest BCUT2D eigenvalue weighted by molar-refractivity contribution is -0.0781. The fourth-order valence-corrected chi connectivity index (χ4v) is 3.62. The van der Waals surface area contributed by atoms with Crippen molar-refractivity contribution in [1.82, 2.24) is 4.90 Å². The van der Waals surface area contributed by atoms with Crippen LogP contribution in [0.5, 0.6) is 0 Å². The molecule has 1 saturated carbocycles. The van der Waals surface area contributed by atoms with Gasteiger partial charge in [-0.1, -0.05) is 6.42 Å². The van der Waals surface area contributed by atoms with Crippen molar-refractivity contribution in [3.05, 3.63) is 0 Å².